The van der Waals surface area contributed by atoms with Crippen LogP contribution >= 0.6 is 0 Å². The Morgan fingerprint density at radius 2 is 1.89 bits per heavy atom. The van der Waals surface area contributed by atoms with Gasteiger partial charge < -0.3 is 4.55 Å². The van der Waals surface area contributed by atoms with Crippen LogP contribution in [0.1, 0.15) is 59.4 Å². The summed E-state index contributed by atoms with van der Waals surface area (Å²) < 4.78 is 73.7. The zero-order valence-corrected chi connectivity index (χ0v) is 24.5. The molecule has 3 heterocycles. The number of rotatable bonds is 7. The molecule has 8 nitrogen and oxygen atoms in total. The van der Waals surface area contributed by atoms with Crippen molar-refractivity contribution in [2.24, 2.45) is 12.5 Å². The summed E-state index contributed by atoms with van der Waals surface area (Å²) in [5.74, 6) is -0.882. The SMILES string of the molecule is Cn1ccc([S+]([O-])N(C2CC2)[C@H]2CCC3=Cc4c(cnn4-c4ccc(F)cc4)C[C@]3(C(=O)c3cc(C(F)(F)F)ccn3)C2)n1. The maximum atomic E-state index is 14.5. The largest absolute Gasteiger partial charge is 0.591 e. The zero-order chi connectivity index (χ0) is 30.8. The van der Waals surface area contributed by atoms with E-state index in [1.54, 1.807) is 47.0 Å². The Morgan fingerprint density at radius 1 is 1.11 bits per heavy atom. The molecule has 0 amide bonds. The summed E-state index contributed by atoms with van der Waals surface area (Å²) in [7, 11) is 1.75. The summed E-state index contributed by atoms with van der Waals surface area (Å²) in [4.78, 5) is 18.6. The van der Waals surface area contributed by atoms with Crippen LogP contribution in [0, 0.1) is 11.2 Å². The van der Waals surface area contributed by atoms with Crippen molar-refractivity contribution in [2.45, 2.75) is 61.8 Å². The number of carbonyl (C=O) groups excluding carboxylic acids is 1. The Hall–Kier alpha value is -3.81. The number of hydrogen-bond acceptors (Lipinski definition) is 6. The van der Waals surface area contributed by atoms with Crippen molar-refractivity contribution in [2.75, 3.05) is 0 Å². The molecule has 0 saturated heterocycles. The van der Waals surface area contributed by atoms with Crippen molar-refractivity contribution in [3.8, 4) is 5.69 Å². The van der Waals surface area contributed by atoms with Crippen molar-refractivity contribution in [3.63, 3.8) is 0 Å². The number of pyridine rings is 1. The fraction of sp³-hybridized carbons (Fsp3) is 0.355. The molecule has 3 aliphatic rings. The molecule has 0 aliphatic heterocycles. The van der Waals surface area contributed by atoms with Crippen molar-refractivity contribution >= 4 is 23.2 Å². The molecule has 7 rings (SSSR count). The first-order chi connectivity index (χ1) is 21.0. The van der Waals surface area contributed by atoms with Crippen LogP contribution in [0.25, 0.3) is 11.8 Å². The lowest BCUT2D eigenvalue weighted by Crippen LogP contribution is -2.51. The van der Waals surface area contributed by atoms with Gasteiger partial charge in [0.2, 0.25) is 0 Å². The number of Topliss-reactive ketones (excluding diaryl/α,β-unsaturated/α-hetero) is 1. The minimum atomic E-state index is -4.64. The Balaban J connectivity index is 1.31. The van der Waals surface area contributed by atoms with Gasteiger partial charge in [-0.2, -0.15) is 18.3 Å². The molecule has 2 fully saturated rings. The highest BCUT2D eigenvalue weighted by Crippen LogP contribution is 2.52. The standard InChI is InChI=1S/C31H28F4N6O2S/c1-39-13-11-28(38-39)44(43)41(24-8-9-24)25-5-2-20-15-27-19(18-37-40(27)23-6-3-22(32)4-7-23)16-30(20,17-25)29(42)26-14-21(10-12-36-26)31(33,34)35/h3-4,6-7,10-15,18,24-25H,2,5,8-9,16-17H2,1H3/t25-,30-,44?/m0/s1. The predicted octanol–water partition coefficient (Wildman–Crippen LogP) is 5.71. The smallest absolute Gasteiger partial charge is 0.416 e. The van der Waals surface area contributed by atoms with E-state index in [0.29, 0.717) is 23.6 Å². The van der Waals surface area contributed by atoms with E-state index in [2.05, 4.69) is 15.2 Å². The van der Waals surface area contributed by atoms with Crippen LogP contribution in [0.15, 0.2) is 71.7 Å². The number of allylic oxidation sites excluding steroid dienone is 1. The molecule has 0 N–H and O–H groups in total. The van der Waals surface area contributed by atoms with Gasteiger partial charge in [-0.25, -0.2) is 9.07 Å². The topological polar surface area (TPSA) is 91.9 Å². The normalized spacial score (nSPS) is 22.3. The summed E-state index contributed by atoms with van der Waals surface area (Å²) in [5, 5.41) is 9.32. The molecule has 3 atom stereocenters. The van der Waals surface area contributed by atoms with Crippen molar-refractivity contribution in [1.29, 1.82) is 0 Å². The average molecular weight is 625 g/mol. The van der Waals surface area contributed by atoms with Gasteiger partial charge in [-0.1, -0.05) is 5.57 Å². The summed E-state index contributed by atoms with van der Waals surface area (Å²) in [6.45, 7) is 0. The van der Waals surface area contributed by atoms with Crippen molar-refractivity contribution in [1.82, 2.24) is 28.9 Å². The summed E-state index contributed by atoms with van der Waals surface area (Å²) in [6.07, 6.45) is 4.90. The number of aryl methyl sites for hydroxylation is 1. The number of halogens is 4. The lowest BCUT2D eigenvalue weighted by molar-refractivity contribution is -0.137. The first-order valence-electron chi connectivity index (χ1n) is 14.4. The number of nitrogens with zero attached hydrogens (tertiary/aromatic N) is 6. The van der Waals surface area contributed by atoms with Crippen LogP contribution in [-0.4, -0.2) is 51.3 Å². The highest BCUT2D eigenvalue weighted by Gasteiger charge is 2.54. The second kappa shape index (κ2) is 10.7. The van der Waals surface area contributed by atoms with Crippen LogP contribution in [-0.2, 0) is 31.0 Å². The Bertz CT molecular complexity index is 1760. The van der Waals surface area contributed by atoms with Gasteiger partial charge in [0.05, 0.1) is 40.6 Å². The van der Waals surface area contributed by atoms with Gasteiger partial charge in [-0.05, 0) is 86.6 Å². The molecule has 3 aliphatic carbocycles. The third-order valence-electron chi connectivity index (χ3n) is 8.79. The van der Waals surface area contributed by atoms with E-state index in [4.69, 9.17) is 0 Å². The molecule has 0 spiro atoms. The fourth-order valence-corrected chi connectivity index (χ4v) is 8.08. The van der Waals surface area contributed by atoms with Gasteiger partial charge in [-0.3, -0.25) is 14.5 Å². The number of benzene rings is 1. The van der Waals surface area contributed by atoms with Gasteiger partial charge in [-0.15, -0.1) is 9.40 Å². The monoisotopic (exact) mass is 624 g/mol. The fourth-order valence-electron chi connectivity index (χ4n) is 6.56. The van der Waals surface area contributed by atoms with Gasteiger partial charge in [0.1, 0.15) is 22.9 Å². The quantitative estimate of drug-likeness (QED) is 0.149. The molecule has 1 aromatic carbocycles. The number of carbonyl (C=O) groups is 1. The number of fused-ring (bicyclic) bond motifs is 2. The Morgan fingerprint density at radius 3 is 2.57 bits per heavy atom. The average Bonchev–Trinajstić information content (AvgIpc) is 3.61. The van der Waals surface area contributed by atoms with Crippen molar-refractivity contribution in [3.05, 3.63) is 95.0 Å². The van der Waals surface area contributed by atoms with E-state index in [-0.39, 0.29) is 36.4 Å². The molecule has 13 heteroatoms. The second-order valence-electron chi connectivity index (χ2n) is 11.7. The first kappa shape index (κ1) is 28.9. The molecule has 1 unspecified atom stereocenters. The Labute approximate surface area is 253 Å². The van der Waals surface area contributed by atoms with E-state index in [0.717, 1.165) is 48.0 Å². The third-order valence-corrected chi connectivity index (χ3v) is 10.3. The molecule has 4 aromatic rings. The molecule has 0 bridgehead atoms. The molecule has 44 heavy (non-hydrogen) atoms. The van der Waals surface area contributed by atoms with E-state index >= 15 is 0 Å². The van der Waals surface area contributed by atoms with Crippen LogP contribution in [0.4, 0.5) is 17.6 Å². The molecule has 0 radical (unpaired) electrons. The van der Waals surface area contributed by atoms with Crippen LogP contribution in [0.2, 0.25) is 0 Å². The number of hydrogen-bond donors (Lipinski definition) is 0. The highest BCUT2D eigenvalue weighted by atomic mass is 32.2. The van der Waals surface area contributed by atoms with Crippen molar-refractivity contribution < 1.29 is 26.9 Å². The maximum absolute atomic E-state index is 14.5. The number of aromatic nitrogens is 5. The molecule has 3 aromatic heterocycles. The predicted molar refractivity (Wildman–Crippen MR) is 153 cm³/mol. The van der Waals surface area contributed by atoms with Crippen LogP contribution in [0.3, 0.4) is 0 Å². The van der Waals surface area contributed by atoms with Gasteiger partial charge in [0, 0.05) is 25.5 Å². The second-order valence-corrected chi connectivity index (χ2v) is 13.0. The van der Waals surface area contributed by atoms with Crippen LogP contribution in [0.5, 0.6) is 0 Å². The van der Waals surface area contributed by atoms with Gasteiger partial charge in [0.15, 0.2) is 5.78 Å². The lowest BCUT2D eigenvalue weighted by atomic mass is 9.60. The molecular weight excluding hydrogens is 596 g/mol. The zero-order valence-electron chi connectivity index (χ0n) is 23.7. The third kappa shape index (κ3) is 5.06. The Kier molecular flexibility index (Phi) is 7.02. The van der Waals surface area contributed by atoms with Gasteiger partial charge in [0.25, 0.3) is 5.03 Å². The lowest BCUT2D eigenvalue weighted by Gasteiger charge is -2.46. The first-order valence-corrected chi connectivity index (χ1v) is 15.5. The van der Waals surface area contributed by atoms with E-state index in [1.807, 2.05) is 10.4 Å². The van der Waals surface area contributed by atoms with Crippen LogP contribution < -0.4 is 0 Å². The summed E-state index contributed by atoms with van der Waals surface area (Å²) >= 11 is -1.58. The van der Waals surface area contributed by atoms with E-state index in [9.17, 15) is 26.9 Å². The minimum absolute atomic E-state index is 0.0626. The molecular formula is C31H28F4N6O2S. The number of ketones is 1. The van der Waals surface area contributed by atoms with Gasteiger partial charge >= 0.3 is 6.18 Å². The maximum Gasteiger partial charge on any atom is 0.416 e. The van der Waals surface area contributed by atoms with E-state index in [1.165, 1.54) is 12.1 Å². The highest BCUT2D eigenvalue weighted by molar-refractivity contribution is 7.89. The summed E-state index contributed by atoms with van der Waals surface area (Å²) in [5.41, 5.74) is 0.470. The van der Waals surface area contributed by atoms with E-state index < -0.39 is 34.3 Å². The minimum Gasteiger partial charge on any atom is -0.591 e. The molecule has 2 saturated carbocycles. The number of alkyl halides is 3. The summed E-state index contributed by atoms with van der Waals surface area (Å²) in [6, 6.07) is 9.06. The molecule has 228 valence electrons.